The van der Waals surface area contributed by atoms with Crippen molar-refractivity contribution in [1.29, 1.82) is 5.26 Å². The number of epoxide rings is 1. The molecule has 1 heterocycles. The quantitative estimate of drug-likeness (QED) is 0.125. The highest BCUT2D eigenvalue weighted by atomic mass is 16.7. The first-order valence-corrected chi connectivity index (χ1v) is 12.4. The third kappa shape index (κ3) is 6.38. The first kappa shape index (κ1) is 24.2. The fourth-order valence-corrected chi connectivity index (χ4v) is 4.56. The predicted molar refractivity (Wildman–Crippen MR) is 135 cm³/mol. The number of nitriles is 1. The lowest BCUT2D eigenvalue weighted by Gasteiger charge is -2.28. The van der Waals surface area contributed by atoms with Crippen molar-refractivity contribution in [3.63, 3.8) is 0 Å². The monoisotopic (exact) mass is 483 g/mol. The average Bonchev–Trinajstić information content (AvgIpc) is 3.77. The molecule has 3 aromatic carbocycles. The molecule has 184 valence electrons. The average molecular weight is 484 g/mol. The zero-order chi connectivity index (χ0) is 24.7. The molecule has 0 radical (unpaired) electrons. The fraction of sp³-hybridized carbons (Fsp3) is 0.333. The second-order valence-corrected chi connectivity index (χ2v) is 9.31. The Balaban J connectivity index is 1.09. The van der Waals surface area contributed by atoms with E-state index in [-0.39, 0.29) is 18.2 Å². The Morgan fingerprint density at radius 1 is 0.889 bits per heavy atom. The van der Waals surface area contributed by atoms with Crippen molar-refractivity contribution in [1.82, 2.24) is 0 Å². The maximum atomic E-state index is 12.7. The normalized spacial score (nSPS) is 20.9. The molecule has 2 aliphatic rings. The first-order valence-electron chi connectivity index (χ1n) is 12.4. The topological polar surface area (TPSA) is 81.1 Å². The summed E-state index contributed by atoms with van der Waals surface area (Å²) >= 11 is 0. The molecule has 1 saturated carbocycles. The van der Waals surface area contributed by atoms with Crippen LogP contribution in [0.5, 0.6) is 5.75 Å². The number of esters is 1. The summed E-state index contributed by atoms with van der Waals surface area (Å²) in [6.45, 7) is 1.76. The lowest BCUT2D eigenvalue weighted by atomic mass is 9.82. The van der Waals surface area contributed by atoms with Crippen LogP contribution in [0.1, 0.15) is 53.1 Å². The Morgan fingerprint density at radius 3 is 2.14 bits per heavy atom. The molecule has 36 heavy (non-hydrogen) atoms. The van der Waals surface area contributed by atoms with Crippen molar-refractivity contribution in [2.75, 3.05) is 20.0 Å². The van der Waals surface area contributed by atoms with Gasteiger partial charge in [0.15, 0.2) is 0 Å². The van der Waals surface area contributed by atoms with Crippen LogP contribution < -0.4 is 4.74 Å². The van der Waals surface area contributed by atoms with Gasteiger partial charge in [-0.25, -0.2) is 4.79 Å². The number of rotatable bonds is 9. The lowest BCUT2D eigenvalue weighted by Crippen LogP contribution is -2.22. The van der Waals surface area contributed by atoms with Gasteiger partial charge in [-0.2, -0.15) is 5.26 Å². The minimum absolute atomic E-state index is 0.249. The molecule has 5 rings (SSSR count). The molecule has 0 amide bonds. The van der Waals surface area contributed by atoms with Gasteiger partial charge in [0.1, 0.15) is 18.6 Å². The Labute approximate surface area is 211 Å². The number of ether oxygens (including phenoxy) is 4. The van der Waals surface area contributed by atoms with E-state index in [1.54, 1.807) is 24.3 Å². The van der Waals surface area contributed by atoms with Crippen molar-refractivity contribution >= 4 is 5.97 Å². The van der Waals surface area contributed by atoms with Crippen LogP contribution in [0.3, 0.4) is 0 Å². The van der Waals surface area contributed by atoms with Crippen LogP contribution >= 0.6 is 0 Å². The molecule has 1 atom stereocenters. The van der Waals surface area contributed by atoms with Gasteiger partial charge in [-0.15, -0.1) is 0 Å². The van der Waals surface area contributed by atoms with Crippen LogP contribution in [0.2, 0.25) is 0 Å². The zero-order valence-corrected chi connectivity index (χ0v) is 20.1. The standard InChI is InChI=1S/C30H29NO5/c31-17-21-1-3-22(4-2-21)25-11-15-28(16-12-25)36-30(32)26-7-5-23(6-8-26)24-9-13-27(14-10-24)35-20-33-18-29-19-34-29/h1-8,11-12,15-16,24,27,29H,9-10,13-14,18-20H2. The summed E-state index contributed by atoms with van der Waals surface area (Å²) in [7, 11) is 0. The summed E-state index contributed by atoms with van der Waals surface area (Å²) in [5.74, 6) is 0.597. The maximum absolute atomic E-state index is 12.7. The first-order chi connectivity index (χ1) is 17.7. The van der Waals surface area contributed by atoms with Gasteiger partial charge in [0, 0.05) is 0 Å². The summed E-state index contributed by atoms with van der Waals surface area (Å²) in [5.41, 5.74) is 4.39. The van der Waals surface area contributed by atoms with Crippen molar-refractivity contribution in [3.8, 4) is 22.9 Å². The van der Waals surface area contributed by atoms with Crippen molar-refractivity contribution in [2.24, 2.45) is 0 Å². The Hall–Kier alpha value is -3.50. The van der Waals surface area contributed by atoms with E-state index in [4.69, 9.17) is 24.2 Å². The van der Waals surface area contributed by atoms with Crippen LogP contribution in [0, 0.1) is 11.3 Å². The second kappa shape index (κ2) is 11.5. The largest absolute Gasteiger partial charge is 0.423 e. The van der Waals surface area contributed by atoms with Crippen LogP contribution in [-0.4, -0.2) is 38.2 Å². The van der Waals surface area contributed by atoms with E-state index in [9.17, 15) is 4.79 Å². The van der Waals surface area contributed by atoms with Gasteiger partial charge in [0.05, 0.1) is 36.5 Å². The van der Waals surface area contributed by atoms with Gasteiger partial charge < -0.3 is 18.9 Å². The summed E-state index contributed by atoms with van der Waals surface area (Å²) in [5, 5.41) is 8.94. The number of nitrogens with zero attached hydrogens (tertiary/aromatic N) is 1. The molecule has 0 spiro atoms. The van der Waals surface area contributed by atoms with E-state index < -0.39 is 0 Å². The molecule has 1 unspecified atom stereocenters. The van der Waals surface area contributed by atoms with Crippen LogP contribution in [0.25, 0.3) is 11.1 Å². The van der Waals surface area contributed by atoms with E-state index in [1.807, 2.05) is 48.5 Å². The van der Waals surface area contributed by atoms with E-state index in [0.29, 0.717) is 36.2 Å². The van der Waals surface area contributed by atoms with Gasteiger partial charge in [-0.3, -0.25) is 0 Å². The van der Waals surface area contributed by atoms with E-state index in [2.05, 4.69) is 6.07 Å². The Morgan fingerprint density at radius 2 is 1.53 bits per heavy atom. The van der Waals surface area contributed by atoms with Crippen molar-refractivity contribution < 1.29 is 23.7 Å². The minimum Gasteiger partial charge on any atom is -0.423 e. The van der Waals surface area contributed by atoms with E-state index >= 15 is 0 Å². The van der Waals surface area contributed by atoms with E-state index in [1.165, 1.54) is 5.56 Å². The SMILES string of the molecule is N#Cc1ccc(-c2ccc(OC(=O)c3ccc(C4CCC(OCOCC5CO5)CC4)cc3)cc2)cc1. The molecule has 0 aromatic heterocycles. The Bertz CT molecular complexity index is 1190. The molecule has 3 aromatic rings. The molecular weight excluding hydrogens is 454 g/mol. The van der Waals surface area contributed by atoms with Crippen molar-refractivity contribution in [3.05, 3.63) is 89.5 Å². The number of hydrogen-bond acceptors (Lipinski definition) is 6. The smallest absolute Gasteiger partial charge is 0.343 e. The van der Waals surface area contributed by atoms with Gasteiger partial charge in [0.2, 0.25) is 0 Å². The third-order valence-electron chi connectivity index (χ3n) is 6.80. The summed E-state index contributed by atoms with van der Waals surface area (Å²) in [6.07, 6.45) is 4.66. The highest BCUT2D eigenvalue weighted by Crippen LogP contribution is 2.34. The fourth-order valence-electron chi connectivity index (χ4n) is 4.56. The molecular formula is C30H29NO5. The molecule has 6 nitrogen and oxygen atoms in total. The van der Waals surface area contributed by atoms with Crippen LogP contribution in [0.4, 0.5) is 0 Å². The van der Waals surface area contributed by atoms with Crippen LogP contribution in [0.15, 0.2) is 72.8 Å². The molecule has 0 bridgehead atoms. The predicted octanol–water partition coefficient (Wildman–Crippen LogP) is 5.86. The number of carbonyl (C=O) groups excluding carboxylic acids is 1. The maximum Gasteiger partial charge on any atom is 0.343 e. The number of carbonyl (C=O) groups is 1. The molecule has 1 aliphatic heterocycles. The van der Waals surface area contributed by atoms with Gasteiger partial charge in [-0.05, 0) is 84.7 Å². The third-order valence-corrected chi connectivity index (χ3v) is 6.80. The Kier molecular flexibility index (Phi) is 7.73. The molecule has 0 N–H and O–H groups in total. The molecule has 1 saturated heterocycles. The van der Waals surface area contributed by atoms with Gasteiger partial charge >= 0.3 is 5.97 Å². The summed E-state index contributed by atoms with van der Waals surface area (Å²) in [4.78, 5) is 12.7. The summed E-state index contributed by atoms with van der Waals surface area (Å²) in [6, 6.07) is 24.6. The summed E-state index contributed by atoms with van der Waals surface area (Å²) < 4.78 is 22.0. The molecule has 6 heteroatoms. The van der Waals surface area contributed by atoms with Gasteiger partial charge in [-0.1, -0.05) is 36.4 Å². The van der Waals surface area contributed by atoms with Crippen LogP contribution in [-0.2, 0) is 14.2 Å². The lowest BCUT2D eigenvalue weighted by molar-refractivity contribution is -0.102. The zero-order valence-electron chi connectivity index (χ0n) is 20.1. The van der Waals surface area contributed by atoms with Crippen molar-refractivity contribution in [2.45, 2.75) is 43.8 Å². The number of benzene rings is 3. The molecule has 1 aliphatic carbocycles. The minimum atomic E-state index is -0.374. The van der Waals surface area contributed by atoms with E-state index in [0.717, 1.165) is 43.4 Å². The second-order valence-electron chi connectivity index (χ2n) is 9.31. The van der Waals surface area contributed by atoms with Gasteiger partial charge in [0.25, 0.3) is 0 Å². The highest BCUT2D eigenvalue weighted by Gasteiger charge is 2.25. The molecule has 2 fully saturated rings. The highest BCUT2D eigenvalue weighted by molar-refractivity contribution is 5.91. The number of hydrogen-bond donors (Lipinski definition) is 0.